The van der Waals surface area contributed by atoms with Crippen LogP contribution in [-0.2, 0) is 0 Å². The first-order valence-electron chi connectivity index (χ1n) is 5.92. The Morgan fingerprint density at radius 3 is 2.56 bits per heavy atom. The zero-order chi connectivity index (χ0) is 13.5. The Morgan fingerprint density at radius 2 is 2.00 bits per heavy atom. The highest BCUT2D eigenvalue weighted by Gasteiger charge is 2.05. The van der Waals surface area contributed by atoms with Crippen LogP contribution in [0, 0.1) is 13.8 Å². The van der Waals surface area contributed by atoms with E-state index in [1.54, 1.807) is 5.01 Å². The Hall–Kier alpha value is -2.04. The van der Waals surface area contributed by atoms with Crippen LogP contribution in [0.5, 0.6) is 0 Å². The zero-order valence-electron chi connectivity index (χ0n) is 11.3. The van der Waals surface area contributed by atoms with Crippen molar-refractivity contribution in [2.75, 3.05) is 18.9 Å². The van der Waals surface area contributed by atoms with Gasteiger partial charge < -0.3 is 5.32 Å². The van der Waals surface area contributed by atoms with Gasteiger partial charge in [-0.25, -0.2) is 4.79 Å². The van der Waals surface area contributed by atoms with Gasteiger partial charge in [-0.1, -0.05) is 18.2 Å². The smallest absolute Gasteiger partial charge is 0.307 e. The van der Waals surface area contributed by atoms with E-state index in [9.17, 15) is 4.79 Å². The third-order valence-corrected chi connectivity index (χ3v) is 2.63. The van der Waals surface area contributed by atoms with E-state index in [0.29, 0.717) is 0 Å². The molecule has 18 heavy (non-hydrogen) atoms. The highest BCUT2D eigenvalue weighted by Crippen LogP contribution is 2.18. The van der Waals surface area contributed by atoms with Crippen LogP contribution in [0.15, 0.2) is 23.3 Å². The van der Waals surface area contributed by atoms with Gasteiger partial charge in [0.05, 0.1) is 0 Å². The number of amides is 2. The van der Waals surface area contributed by atoms with Crippen LogP contribution in [0.1, 0.15) is 18.1 Å². The SMILES string of the molecule is CCN(C)N=CNC(=O)Nc1c(C)cccc1C. The van der Waals surface area contributed by atoms with Crippen molar-refractivity contribution >= 4 is 18.1 Å². The Morgan fingerprint density at radius 1 is 1.39 bits per heavy atom. The Bertz CT molecular complexity index is 422. The summed E-state index contributed by atoms with van der Waals surface area (Å²) in [5, 5.41) is 11.1. The normalized spacial score (nSPS) is 10.4. The maximum atomic E-state index is 11.7. The van der Waals surface area contributed by atoms with Gasteiger partial charge in [0.15, 0.2) is 0 Å². The summed E-state index contributed by atoms with van der Waals surface area (Å²) in [6, 6.07) is 5.59. The molecule has 0 aliphatic rings. The van der Waals surface area contributed by atoms with Gasteiger partial charge >= 0.3 is 6.03 Å². The fourth-order valence-corrected chi connectivity index (χ4v) is 1.43. The van der Waals surface area contributed by atoms with E-state index in [-0.39, 0.29) is 6.03 Å². The predicted molar refractivity (Wildman–Crippen MR) is 74.9 cm³/mol. The topological polar surface area (TPSA) is 56.7 Å². The molecule has 0 saturated heterocycles. The predicted octanol–water partition coefficient (Wildman–Crippen LogP) is 2.32. The van der Waals surface area contributed by atoms with Gasteiger partial charge in [-0.3, -0.25) is 10.3 Å². The van der Waals surface area contributed by atoms with Crippen molar-refractivity contribution < 1.29 is 4.79 Å². The van der Waals surface area contributed by atoms with Crippen LogP contribution in [0.3, 0.4) is 0 Å². The monoisotopic (exact) mass is 248 g/mol. The summed E-state index contributed by atoms with van der Waals surface area (Å²) in [6.45, 7) is 6.69. The molecule has 0 aliphatic carbocycles. The van der Waals surface area contributed by atoms with E-state index >= 15 is 0 Å². The molecule has 1 aromatic rings. The molecule has 2 N–H and O–H groups in total. The number of para-hydroxylation sites is 1. The van der Waals surface area contributed by atoms with Crippen molar-refractivity contribution in [2.24, 2.45) is 5.10 Å². The quantitative estimate of drug-likeness (QED) is 0.488. The van der Waals surface area contributed by atoms with Gasteiger partial charge in [0.2, 0.25) is 0 Å². The summed E-state index contributed by atoms with van der Waals surface area (Å²) >= 11 is 0. The first-order chi connectivity index (χ1) is 8.54. The average molecular weight is 248 g/mol. The minimum Gasteiger partial charge on any atom is -0.307 e. The number of benzene rings is 1. The summed E-state index contributed by atoms with van der Waals surface area (Å²) in [5.74, 6) is 0. The number of hydrazone groups is 1. The molecule has 0 aliphatic heterocycles. The average Bonchev–Trinajstić information content (AvgIpc) is 2.34. The number of hydrogen-bond acceptors (Lipinski definition) is 3. The van der Waals surface area contributed by atoms with Crippen LogP contribution < -0.4 is 10.6 Å². The Balaban J connectivity index is 2.58. The summed E-state index contributed by atoms with van der Waals surface area (Å²) in [4.78, 5) is 11.7. The molecular weight excluding hydrogens is 228 g/mol. The lowest BCUT2D eigenvalue weighted by Gasteiger charge is -2.11. The maximum Gasteiger partial charge on any atom is 0.324 e. The molecule has 5 heteroatoms. The largest absolute Gasteiger partial charge is 0.324 e. The van der Waals surface area contributed by atoms with Crippen molar-refractivity contribution in [1.82, 2.24) is 10.3 Å². The lowest BCUT2D eigenvalue weighted by molar-refractivity contribution is 0.256. The van der Waals surface area contributed by atoms with Gasteiger partial charge in [-0.15, -0.1) is 0 Å². The number of nitrogens with one attached hydrogen (secondary N) is 2. The van der Waals surface area contributed by atoms with Crippen LogP contribution in [0.2, 0.25) is 0 Å². The Kier molecular flexibility index (Phi) is 5.17. The number of carbonyl (C=O) groups excluding carboxylic acids is 1. The van der Waals surface area contributed by atoms with Crippen LogP contribution in [0.4, 0.5) is 10.5 Å². The number of nitrogens with zero attached hydrogens (tertiary/aromatic N) is 2. The number of urea groups is 1. The van der Waals surface area contributed by atoms with Crippen molar-refractivity contribution in [3.05, 3.63) is 29.3 Å². The fraction of sp³-hybridized carbons (Fsp3) is 0.385. The molecule has 0 atom stereocenters. The minimum atomic E-state index is -0.291. The molecule has 1 aromatic carbocycles. The third kappa shape index (κ3) is 4.08. The van der Waals surface area contributed by atoms with E-state index in [4.69, 9.17) is 0 Å². The zero-order valence-corrected chi connectivity index (χ0v) is 11.3. The fourth-order valence-electron chi connectivity index (χ4n) is 1.43. The van der Waals surface area contributed by atoms with E-state index in [1.165, 1.54) is 6.34 Å². The highest BCUT2D eigenvalue weighted by atomic mass is 16.2. The maximum absolute atomic E-state index is 11.7. The van der Waals surface area contributed by atoms with Gasteiger partial charge in [-0.05, 0) is 31.9 Å². The molecular formula is C13H20N4O. The first kappa shape index (κ1) is 14.0. The molecule has 0 saturated carbocycles. The number of hydrogen-bond donors (Lipinski definition) is 2. The van der Waals surface area contributed by atoms with Crippen LogP contribution >= 0.6 is 0 Å². The molecule has 0 aromatic heterocycles. The minimum absolute atomic E-state index is 0.291. The standard InChI is InChI=1S/C13H20N4O/c1-5-17(4)15-9-14-13(18)16-12-10(2)7-6-8-11(12)3/h6-9H,5H2,1-4H3,(H2,14,15,16,18). The van der Waals surface area contributed by atoms with E-state index in [2.05, 4.69) is 15.7 Å². The molecule has 1 rings (SSSR count). The van der Waals surface area contributed by atoms with Crippen molar-refractivity contribution in [3.63, 3.8) is 0 Å². The molecule has 0 bridgehead atoms. The molecule has 0 heterocycles. The number of aryl methyl sites for hydroxylation is 2. The second kappa shape index (κ2) is 6.64. The van der Waals surface area contributed by atoms with Gasteiger partial charge in [0.25, 0.3) is 0 Å². The molecule has 0 radical (unpaired) electrons. The second-order valence-corrected chi connectivity index (χ2v) is 4.08. The van der Waals surface area contributed by atoms with E-state index in [0.717, 1.165) is 23.4 Å². The number of rotatable bonds is 4. The lowest BCUT2D eigenvalue weighted by Crippen LogP contribution is -2.29. The van der Waals surface area contributed by atoms with Crippen molar-refractivity contribution in [3.8, 4) is 0 Å². The van der Waals surface area contributed by atoms with Gasteiger partial charge in [0, 0.05) is 19.3 Å². The second-order valence-electron chi connectivity index (χ2n) is 4.08. The van der Waals surface area contributed by atoms with Crippen molar-refractivity contribution in [1.29, 1.82) is 0 Å². The van der Waals surface area contributed by atoms with Crippen LogP contribution in [-0.4, -0.2) is 31.0 Å². The summed E-state index contributed by atoms with van der Waals surface area (Å²) in [7, 11) is 1.83. The van der Waals surface area contributed by atoms with Gasteiger partial charge in [-0.2, -0.15) is 5.10 Å². The summed E-state index contributed by atoms with van der Waals surface area (Å²) in [6.07, 6.45) is 1.38. The number of carbonyl (C=O) groups is 1. The molecule has 2 amide bonds. The van der Waals surface area contributed by atoms with E-state index in [1.807, 2.05) is 46.0 Å². The van der Waals surface area contributed by atoms with E-state index < -0.39 is 0 Å². The first-order valence-corrected chi connectivity index (χ1v) is 5.92. The molecule has 0 unspecified atom stereocenters. The molecule has 0 spiro atoms. The molecule has 98 valence electrons. The number of anilines is 1. The highest BCUT2D eigenvalue weighted by molar-refractivity contribution is 5.97. The molecule has 5 nitrogen and oxygen atoms in total. The third-order valence-electron chi connectivity index (χ3n) is 2.63. The summed E-state index contributed by atoms with van der Waals surface area (Å²) < 4.78 is 0. The van der Waals surface area contributed by atoms with Crippen molar-refractivity contribution in [2.45, 2.75) is 20.8 Å². The van der Waals surface area contributed by atoms with Gasteiger partial charge in [0.1, 0.15) is 6.34 Å². The molecule has 0 fully saturated rings. The Labute approximate surface area is 108 Å². The van der Waals surface area contributed by atoms with Crippen LogP contribution in [0.25, 0.3) is 0 Å². The lowest BCUT2D eigenvalue weighted by atomic mass is 10.1. The summed E-state index contributed by atoms with van der Waals surface area (Å²) in [5.41, 5.74) is 2.91.